The van der Waals surface area contributed by atoms with Gasteiger partial charge in [0.05, 0.1) is 6.61 Å². The zero-order chi connectivity index (χ0) is 14.4. The van der Waals surface area contributed by atoms with Crippen molar-refractivity contribution in [2.75, 3.05) is 35.0 Å². The van der Waals surface area contributed by atoms with E-state index in [1.165, 1.54) is 14.0 Å². The molecule has 0 radical (unpaired) electrons. The number of carbonyl (C=O) groups excluding carboxylic acids is 1. The number of ether oxygens (including phenoxy) is 6. The molecule has 5 unspecified atom stereocenters. The van der Waals surface area contributed by atoms with Crippen molar-refractivity contribution in [3.05, 3.63) is 0 Å². The van der Waals surface area contributed by atoms with Gasteiger partial charge < -0.3 is 28.4 Å². The number of methoxy groups -OCH3 is 4. The van der Waals surface area contributed by atoms with Gasteiger partial charge in [-0.05, 0) is 0 Å². The summed E-state index contributed by atoms with van der Waals surface area (Å²) in [5.41, 5.74) is 0. The van der Waals surface area contributed by atoms with E-state index in [2.05, 4.69) is 0 Å². The Labute approximate surface area is 113 Å². The summed E-state index contributed by atoms with van der Waals surface area (Å²) in [5.74, 6) is -0.450. The van der Waals surface area contributed by atoms with E-state index in [0.29, 0.717) is 6.61 Å². The fourth-order valence-corrected chi connectivity index (χ4v) is 2.24. The van der Waals surface area contributed by atoms with Crippen molar-refractivity contribution in [3.63, 3.8) is 0 Å². The fourth-order valence-electron chi connectivity index (χ4n) is 2.24. The Bertz CT molecular complexity index is 283. The van der Waals surface area contributed by atoms with Gasteiger partial charge in [-0.25, -0.2) is 0 Å². The summed E-state index contributed by atoms with van der Waals surface area (Å²) >= 11 is 0. The summed E-state index contributed by atoms with van der Waals surface area (Å²) < 4.78 is 32.0. The molecule has 5 atom stereocenters. The molecule has 1 aliphatic heterocycles. The molecule has 19 heavy (non-hydrogen) atoms. The molecule has 1 aliphatic rings. The molecule has 0 aromatic carbocycles. The van der Waals surface area contributed by atoms with Gasteiger partial charge in [0.15, 0.2) is 0 Å². The van der Waals surface area contributed by atoms with Crippen molar-refractivity contribution >= 4 is 5.97 Å². The molecule has 0 bridgehead atoms. The summed E-state index contributed by atoms with van der Waals surface area (Å²) in [5, 5.41) is 0. The largest absolute Gasteiger partial charge is 0.433 e. The lowest BCUT2D eigenvalue weighted by atomic mass is 9.98. The van der Waals surface area contributed by atoms with Crippen LogP contribution < -0.4 is 0 Å². The Hall–Kier alpha value is -0.730. The van der Waals surface area contributed by atoms with Crippen molar-refractivity contribution in [1.29, 1.82) is 0 Å². The normalized spacial score (nSPS) is 35.1. The van der Waals surface area contributed by atoms with Gasteiger partial charge in [-0.2, -0.15) is 0 Å². The Morgan fingerprint density at radius 3 is 2.00 bits per heavy atom. The third kappa shape index (κ3) is 3.87. The predicted molar refractivity (Wildman–Crippen MR) is 64.7 cm³/mol. The number of esters is 1. The van der Waals surface area contributed by atoms with Gasteiger partial charge in [-0.3, -0.25) is 4.79 Å². The zero-order valence-corrected chi connectivity index (χ0v) is 12.0. The van der Waals surface area contributed by atoms with Crippen LogP contribution in [0.15, 0.2) is 0 Å². The van der Waals surface area contributed by atoms with E-state index in [1.807, 2.05) is 0 Å². The second-order valence-electron chi connectivity index (χ2n) is 4.21. The number of hydrogen-bond acceptors (Lipinski definition) is 7. The lowest BCUT2D eigenvalue weighted by molar-refractivity contribution is -0.304. The highest BCUT2D eigenvalue weighted by Gasteiger charge is 2.48. The van der Waals surface area contributed by atoms with Crippen LogP contribution in [0.5, 0.6) is 0 Å². The predicted octanol–water partition coefficient (Wildman–Crippen LogP) is -0.0342. The zero-order valence-electron chi connectivity index (χ0n) is 12.0. The van der Waals surface area contributed by atoms with E-state index in [-0.39, 0.29) is 6.10 Å². The van der Waals surface area contributed by atoms with E-state index < -0.39 is 30.6 Å². The van der Waals surface area contributed by atoms with Crippen LogP contribution in [0.3, 0.4) is 0 Å². The average molecular weight is 278 g/mol. The van der Waals surface area contributed by atoms with Gasteiger partial charge in [-0.1, -0.05) is 0 Å². The maximum absolute atomic E-state index is 11.1. The highest BCUT2D eigenvalue weighted by molar-refractivity contribution is 5.66. The first-order valence-electron chi connectivity index (χ1n) is 5.99. The van der Waals surface area contributed by atoms with Crippen LogP contribution in [0.4, 0.5) is 0 Å². The molecule has 0 N–H and O–H groups in total. The topological polar surface area (TPSA) is 72.5 Å². The fraction of sp³-hybridized carbons (Fsp3) is 0.917. The van der Waals surface area contributed by atoms with Gasteiger partial charge in [0.25, 0.3) is 0 Å². The van der Waals surface area contributed by atoms with Crippen LogP contribution >= 0.6 is 0 Å². The molecular formula is C12H22O7. The van der Waals surface area contributed by atoms with Gasteiger partial charge in [-0.15, -0.1) is 0 Å². The summed E-state index contributed by atoms with van der Waals surface area (Å²) in [6.45, 7) is 1.61. The number of hydrogen-bond donors (Lipinski definition) is 0. The Kier molecular flexibility index (Phi) is 6.67. The average Bonchev–Trinajstić information content (AvgIpc) is 2.37. The second-order valence-corrected chi connectivity index (χ2v) is 4.21. The third-order valence-corrected chi connectivity index (χ3v) is 3.02. The SMILES string of the molecule is COCC1OC(OC(C)=O)C(OC)C(OC)C1OC. The molecule has 1 heterocycles. The van der Waals surface area contributed by atoms with Gasteiger partial charge in [0.1, 0.15) is 24.4 Å². The smallest absolute Gasteiger partial charge is 0.305 e. The van der Waals surface area contributed by atoms with Crippen LogP contribution in [0.1, 0.15) is 6.92 Å². The van der Waals surface area contributed by atoms with Gasteiger partial charge >= 0.3 is 5.97 Å². The molecule has 0 amide bonds. The molecule has 1 saturated heterocycles. The maximum atomic E-state index is 11.1. The third-order valence-electron chi connectivity index (χ3n) is 3.02. The van der Waals surface area contributed by atoms with Gasteiger partial charge in [0.2, 0.25) is 6.29 Å². The molecule has 0 spiro atoms. The van der Waals surface area contributed by atoms with E-state index in [0.717, 1.165) is 0 Å². The molecular weight excluding hydrogens is 256 g/mol. The maximum Gasteiger partial charge on any atom is 0.305 e. The monoisotopic (exact) mass is 278 g/mol. The molecule has 7 nitrogen and oxygen atoms in total. The summed E-state index contributed by atoms with van der Waals surface area (Å²) in [6, 6.07) is 0. The van der Waals surface area contributed by atoms with Crippen molar-refractivity contribution in [3.8, 4) is 0 Å². The Balaban J connectivity index is 2.91. The molecule has 7 heteroatoms. The molecule has 0 aliphatic carbocycles. The first-order valence-corrected chi connectivity index (χ1v) is 5.99. The molecule has 112 valence electrons. The lowest BCUT2D eigenvalue weighted by Crippen LogP contribution is -2.61. The summed E-state index contributed by atoms with van der Waals surface area (Å²) in [7, 11) is 6.16. The van der Waals surface area contributed by atoms with Crippen LogP contribution in [-0.2, 0) is 33.2 Å². The number of rotatable bonds is 6. The highest BCUT2D eigenvalue weighted by atomic mass is 16.7. The van der Waals surface area contributed by atoms with Crippen LogP contribution in [0.2, 0.25) is 0 Å². The van der Waals surface area contributed by atoms with E-state index >= 15 is 0 Å². The first-order chi connectivity index (χ1) is 9.08. The summed E-state index contributed by atoms with van der Waals surface area (Å²) in [4.78, 5) is 11.1. The van der Waals surface area contributed by atoms with Crippen LogP contribution in [0, 0.1) is 0 Å². The Morgan fingerprint density at radius 1 is 1.00 bits per heavy atom. The minimum Gasteiger partial charge on any atom is -0.433 e. The van der Waals surface area contributed by atoms with Crippen molar-refractivity contribution < 1.29 is 33.2 Å². The van der Waals surface area contributed by atoms with Crippen molar-refractivity contribution in [1.82, 2.24) is 0 Å². The van der Waals surface area contributed by atoms with Crippen LogP contribution in [0.25, 0.3) is 0 Å². The molecule has 0 saturated carbocycles. The molecule has 0 aromatic rings. The quantitative estimate of drug-likeness (QED) is 0.631. The standard InChI is InChI=1S/C12H22O7/c1-7(13)18-12-11(17-5)10(16-4)9(15-3)8(19-12)6-14-2/h8-12H,6H2,1-5H3. The molecule has 1 rings (SSSR count). The highest BCUT2D eigenvalue weighted by Crippen LogP contribution is 2.28. The van der Waals surface area contributed by atoms with Crippen LogP contribution in [-0.4, -0.2) is 71.7 Å². The minimum absolute atomic E-state index is 0.298. The second kappa shape index (κ2) is 7.76. The van der Waals surface area contributed by atoms with Crippen molar-refractivity contribution in [2.24, 2.45) is 0 Å². The molecule has 1 fully saturated rings. The van der Waals surface area contributed by atoms with Crippen molar-refractivity contribution in [2.45, 2.75) is 37.6 Å². The van der Waals surface area contributed by atoms with E-state index in [4.69, 9.17) is 28.4 Å². The van der Waals surface area contributed by atoms with E-state index in [9.17, 15) is 4.79 Å². The van der Waals surface area contributed by atoms with E-state index in [1.54, 1.807) is 21.3 Å². The lowest BCUT2D eigenvalue weighted by Gasteiger charge is -2.43. The first kappa shape index (κ1) is 16.3. The van der Waals surface area contributed by atoms with Gasteiger partial charge in [0, 0.05) is 35.4 Å². The Morgan fingerprint density at radius 2 is 1.58 bits per heavy atom. The minimum atomic E-state index is -0.848. The molecule has 0 aromatic heterocycles. The number of carbonyl (C=O) groups is 1. The summed E-state index contributed by atoms with van der Waals surface area (Å²) in [6.07, 6.45) is -2.61.